The fraction of sp³-hybridized carbons (Fsp3) is 0.538. The lowest BCUT2D eigenvalue weighted by atomic mass is 10.00. The highest BCUT2D eigenvalue weighted by Gasteiger charge is 2.39. The first-order valence-electron chi connectivity index (χ1n) is 5.61. The van der Waals surface area contributed by atoms with Crippen molar-refractivity contribution >= 4 is 9.84 Å². The Morgan fingerprint density at radius 3 is 2.18 bits per heavy atom. The molecule has 1 aromatic carbocycles. The van der Waals surface area contributed by atoms with Crippen molar-refractivity contribution in [2.75, 3.05) is 0 Å². The van der Waals surface area contributed by atoms with Crippen molar-refractivity contribution < 1.29 is 12.8 Å². The van der Waals surface area contributed by atoms with Gasteiger partial charge >= 0.3 is 0 Å². The summed E-state index contributed by atoms with van der Waals surface area (Å²) in [6.45, 7) is 8.64. The second-order valence-corrected chi connectivity index (χ2v) is 7.69. The maximum absolute atomic E-state index is 13.8. The molecule has 0 aliphatic heterocycles. The highest BCUT2D eigenvalue weighted by molar-refractivity contribution is 7.92. The monoisotopic (exact) mass is 258 g/mol. The van der Waals surface area contributed by atoms with Crippen molar-refractivity contribution in [1.29, 1.82) is 0 Å². The second kappa shape index (κ2) is 4.41. The zero-order chi connectivity index (χ0) is 13.4. The standard InChI is InChI=1S/C13H19FO2S/c1-9(2)13(4,5)17(15,16)12-7-6-10(3)8-11(12)14/h6-9H,1-5H3. The van der Waals surface area contributed by atoms with Gasteiger partial charge in [0.1, 0.15) is 10.7 Å². The van der Waals surface area contributed by atoms with E-state index in [0.717, 1.165) is 0 Å². The lowest BCUT2D eigenvalue weighted by Crippen LogP contribution is -2.37. The molecule has 0 fully saturated rings. The van der Waals surface area contributed by atoms with Crippen LogP contribution >= 0.6 is 0 Å². The Balaban J connectivity index is 3.42. The number of sulfone groups is 1. The van der Waals surface area contributed by atoms with E-state index in [9.17, 15) is 12.8 Å². The van der Waals surface area contributed by atoms with Crippen molar-refractivity contribution in [2.45, 2.75) is 44.3 Å². The zero-order valence-electron chi connectivity index (χ0n) is 10.9. The summed E-state index contributed by atoms with van der Waals surface area (Å²) < 4.78 is 37.6. The Morgan fingerprint density at radius 1 is 1.24 bits per heavy atom. The third kappa shape index (κ3) is 2.37. The predicted molar refractivity (Wildman–Crippen MR) is 67.2 cm³/mol. The second-order valence-electron chi connectivity index (χ2n) is 5.20. The molecule has 0 atom stereocenters. The molecule has 17 heavy (non-hydrogen) atoms. The smallest absolute Gasteiger partial charge is 0.186 e. The molecule has 0 unspecified atom stereocenters. The molecule has 0 aliphatic rings. The molecule has 0 heterocycles. The summed E-state index contributed by atoms with van der Waals surface area (Å²) >= 11 is 0. The summed E-state index contributed by atoms with van der Waals surface area (Å²) in [5.74, 6) is -0.757. The molecule has 0 N–H and O–H groups in total. The molecule has 96 valence electrons. The molecule has 1 rings (SSSR count). The number of rotatable bonds is 3. The molecule has 0 aromatic heterocycles. The molecule has 0 bridgehead atoms. The average molecular weight is 258 g/mol. The summed E-state index contributed by atoms with van der Waals surface area (Å²) in [6, 6.07) is 4.22. The zero-order valence-corrected chi connectivity index (χ0v) is 11.7. The minimum atomic E-state index is -3.66. The van der Waals surface area contributed by atoms with Crippen LogP contribution in [-0.4, -0.2) is 13.2 Å². The largest absolute Gasteiger partial charge is 0.223 e. The van der Waals surface area contributed by atoms with Crippen LogP contribution in [0.5, 0.6) is 0 Å². The van der Waals surface area contributed by atoms with Gasteiger partial charge in [-0.05, 0) is 44.4 Å². The summed E-state index contributed by atoms with van der Waals surface area (Å²) in [5, 5.41) is 0. The van der Waals surface area contributed by atoms with Gasteiger partial charge in [-0.15, -0.1) is 0 Å². The van der Waals surface area contributed by atoms with Crippen LogP contribution in [-0.2, 0) is 9.84 Å². The van der Waals surface area contributed by atoms with Crippen LogP contribution < -0.4 is 0 Å². The van der Waals surface area contributed by atoms with E-state index < -0.39 is 20.4 Å². The fourth-order valence-electron chi connectivity index (χ4n) is 1.42. The van der Waals surface area contributed by atoms with Crippen molar-refractivity contribution in [1.82, 2.24) is 0 Å². The normalized spacial score (nSPS) is 13.1. The molecular formula is C13H19FO2S. The first-order chi connectivity index (χ1) is 7.60. The van der Waals surface area contributed by atoms with Gasteiger partial charge < -0.3 is 0 Å². The Hall–Kier alpha value is -0.900. The third-order valence-electron chi connectivity index (χ3n) is 3.46. The molecule has 1 aromatic rings. The number of aryl methyl sites for hydroxylation is 1. The van der Waals surface area contributed by atoms with E-state index in [-0.39, 0.29) is 10.8 Å². The van der Waals surface area contributed by atoms with E-state index in [1.807, 2.05) is 13.8 Å². The molecule has 0 radical (unpaired) electrons. The van der Waals surface area contributed by atoms with Gasteiger partial charge in [-0.1, -0.05) is 19.9 Å². The Labute approximate surface area is 103 Å². The Kier molecular flexibility index (Phi) is 3.67. The molecule has 4 heteroatoms. The molecule has 0 aliphatic carbocycles. The van der Waals surface area contributed by atoms with Gasteiger partial charge in [0.25, 0.3) is 0 Å². The maximum Gasteiger partial charge on any atom is 0.186 e. The van der Waals surface area contributed by atoms with Crippen LogP contribution in [0.1, 0.15) is 33.3 Å². The van der Waals surface area contributed by atoms with Crippen LogP contribution in [0, 0.1) is 18.7 Å². The van der Waals surface area contributed by atoms with E-state index in [0.29, 0.717) is 5.56 Å². The van der Waals surface area contributed by atoms with Gasteiger partial charge in [-0.3, -0.25) is 0 Å². The van der Waals surface area contributed by atoms with Crippen LogP contribution in [0.2, 0.25) is 0 Å². The number of hydrogen-bond donors (Lipinski definition) is 0. The first kappa shape index (κ1) is 14.2. The van der Waals surface area contributed by atoms with E-state index in [4.69, 9.17) is 0 Å². The van der Waals surface area contributed by atoms with E-state index in [1.54, 1.807) is 26.8 Å². The van der Waals surface area contributed by atoms with Gasteiger partial charge in [-0.2, -0.15) is 0 Å². The summed E-state index contributed by atoms with van der Waals surface area (Å²) in [6.07, 6.45) is 0. The van der Waals surface area contributed by atoms with Crippen molar-refractivity contribution in [3.63, 3.8) is 0 Å². The highest BCUT2D eigenvalue weighted by atomic mass is 32.2. The van der Waals surface area contributed by atoms with Crippen LogP contribution in [0.15, 0.2) is 23.1 Å². The van der Waals surface area contributed by atoms with Crippen LogP contribution in [0.25, 0.3) is 0 Å². The minimum absolute atomic E-state index is 0.0896. The lowest BCUT2D eigenvalue weighted by Gasteiger charge is -2.29. The topological polar surface area (TPSA) is 34.1 Å². The summed E-state index contributed by atoms with van der Waals surface area (Å²) in [4.78, 5) is -0.207. The van der Waals surface area contributed by atoms with Crippen molar-refractivity contribution in [3.8, 4) is 0 Å². The lowest BCUT2D eigenvalue weighted by molar-refractivity contribution is 0.450. The third-order valence-corrected chi connectivity index (χ3v) is 6.23. The molecule has 0 amide bonds. The van der Waals surface area contributed by atoms with E-state index >= 15 is 0 Å². The summed E-state index contributed by atoms with van der Waals surface area (Å²) in [5.41, 5.74) is 0.712. The molecule has 0 saturated heterocycles. The van der Waals surface area contributed by atoms with Crippen LogP contribution in [0.3, 0.4) is 0 Å². The molecular weight excluding hydrogens is 239 g/mol. The fourth-order valence-corrected chi connectivity index (χ4v) is 3.17. The van der Waals surface area contributed by atoms with E-state index in [2.05, 4.69) is 0 Å². The number of hydrogen-bond acceptors (Lipinski definition) is 2. The van der Waals surface area contributed by atoms with Gasteiger partial charge in [0.05, 0.1) is 4.75 Å². The molecule has 2 nitrogen and oxygen atoms in total. The maximum atomic E-state index is 13.8. The average Bonchev–Trinajstić information content (AvgIpc) is 2.16. The van der Waals surface area contributed by atoms with Crippen molar-refractivity contribution in [2.24, 2.45) is 5.92 Å². The van der Waals surface area contributed by atoms with Crippen molar-refractivity contribution in [3.05, 3.63) is 29.6 Å². The SMILES string of the molecule is Cc1ccc(S(=O)(=O)C(C)(C)C(C)C)c(F)c1. The minimum Gasteiger partial charge on any atom is -0.223 e. The van der Waals surface area contributed by atoms with Crippen LogP contribution in [0.4, 0.5) is 4.39 Å². The van der Waals surface area contributed by atoms with Gasteiger partial charge in [0.2, 0.25) is 0 Å². The van der Waals surface area contributed by atoms with E-state index in [1.165, 1.54) is 12.1 Å². The number of benzene rings is 1. The van der Waals surface area contributed by atoms with Gasteiger partial charge in [0.15, 0.2) is 9.84 Å². The quantitative estimate of drug-likeness (QED) is 0.833. The first-order valence-corrected chi connectivity index (χ1v) is 7.10. The highest BCUT2D eigenvalue weighted by Crippen LogP contribution is 2.33. The predicted octanol–water partition coefficient (Wildman–Crippen LogP) is 3.34. The Bertz CT molecular complexity index is 516. The summed E-state index contributed by atoms with van der Waals surface area (Å²) in [7, 11) is -3.66. The van der Waals surface area contributed by atoms with Gasteiger partial charge in [-0.25, -0.2) is 12.8 Å². The number of halogens is 1. The molecule has 0 saturated carbocycles. The Morgan fingerprint density at radius 2 is 1.76 bits per heavy atom. The molecule has 0 spiro atoms. The van der Waals surface area contributed by atoms with Gasteiger partial charge in [0, 0.05) is 0 Å².